The van der Waals surface area contributed by atoms with Crippen molar-refractivity contribution < 1.29 is 60.3 Å². The van der Waals surface area contributed by atoms with Gasteiger partial charge in [0.2, 0.25) is 0 Å². The van der Waals surface area contributed by atoms with Crippen LogP contribution in [0.2, 0.25) is 0 Å². The van der Waals surface area contributed by atoms with Gasteiger partial charge >= 0.3 is 0 Å². The molecular weight excluding hydrogens is 751 g/mol. The number of phenolic OH excluding ortho intramolecular Hbond substituents is 1. The fourth-order valence-electron chi connectivity index (χ4n) is 4.68. The Morgan fingerprint density at radius 2 is 1.41 bits per heavy atom. The van der Waals surface area contributed by atoms with Crippen LogP contribution in [0.15, 0.2) is 115 Å². The highest BCUT2D eigenvalue weighted by atomic mass is 32.2. The lowest BCUT2D eigenvalue weighted by atomic mass is 10.1. The Balaban J connectivity index is 1.48. The van der Waals surface area contributed by atoms with Gasteiger partial charge in [-0.1, -0.05) is 46.5 Å². The molecule has 0 unspecified atom stereocenters. The number of azo groups is 1. The Labute approximate surface area is 298 Å². The minimum absolute atomic E-state index is 0.0728. The summed E-state index contributed by atoms with van der Waals surface area (Å²) in [5.41, 5.74) is 2.30. The van der Waals surface area contributed by atoms with E-state index in [1.807, 2.05) is 0 Å². The first-order valence-electron chi connectivity index (χ1n) is 14.0. The van der Waals surface area contributed by atoms with Gasteiger partial charge in [0.25, 0.3) is 20.2 Å². The Bertz CT molecular complexity index is 2370. The molecular formula is C31H25N3O13S4. The molecule has 0 aromatic heterocycles. The fourth-order valence-corrected chi connectivity index (χ4v) is 6.97. The zero-order chi connectivity index (χ0) is 36.8. The van der Waals surface area contributed by atoms with Crippen LogP contribution < -0.4 is 5.32 Å². The van der Waals surface area contributed by atoms with Gasteiger partial charge in [-0.15, -0.1) is 13.8 Å². The summed E-state index contributed by atoms with van der Waals surface area (Å²) in [5.74, 6) is -0.320. The number of phenols is 1. The van der Waals surface area contributed by atoms with E-state index < -0.39 is 20.2 Å². The predicted molar refractivity (Wildman–Crippen MR) is 187 cm³/mol. The molecule has 20 heteroatoms. The van der Waals surface area contributed by atoms with Gasteiger partial charge in [0.15, 0.2) is 5.75 Å². The number of nitrogens with zero attached hydrogens (tertiary/aromatic N) is 2. The number of aryl methyl sites for hydroxylation is 1. The number of nitrogens with one attached hydrogen (secondary N) is 1. The van der Waals surface area contributed by atoms with Crippen molar-refractivity contribution in [3.05, 3.63) is 102 Å². The summed E-state index contributed by atoms with van der Waals surface area (Å²) in [7, 11) is -8.94. The van der Waals surface area contributed by atoms with Crippen molar-refractivity contribution in [3.8, 4) is 5.75 Å². The third-order valence-electron chi connectivity index (χ3n) is 6.93. The van der Waals surface area contributed by atoms with Gasteiger partial charge in [-0.2, -0.15) is 21.9 Å². The lowest BCUT2D eigenvalue weighted by Crippen LogP contribution is -2.01. The van der Waals surface area contributed by atoms with Gasteiger partial charge in [0.1, 0.15) is 10.6 Å². The van der Waals surface area contributed by atoms with Crippen LogP contribution in [0.5, 0.6) is 5.75 Å². The lowest BCUT2D eigenvalue weighted by Gasteiger charge is -2.12. The van der Waals surface area contributed by atoms with E-state index in [1.54, 1.807) is 55.5 Å². The van der Waals surface area contributed by atoms with Crippen LogP contribution in [-0.2, 0) is 39.0 Å². The summed E-state index contributed by atoms with van der Waals surface area (Å²) < 4.78 is 75.2. The van der Waals surface area contributed by atoms with Crippen molar-refractivity contribution in [2.24, 2.45) is 10.2 Å². The van der Waals surface area contributed by atoms with Crippen molar-refractivity contribution in [1.29, 1.82) is 0 Å². The minimum Gasteiger partial charge on any atom is -0.505 e. The number of anilines is 2. The average molecular weight is 776 g/mol. The molecule has 0 aliphatic rings. The molecule has 51 heavy (non-hydrogen) atoms. The largest absolute Gasteiger partial charge is 0.505 e. The smallest absolute Gasteiger partial charge is 0.295 e. The van der Waals surface area contributed by atoms with Crippen molar-refractivity contribution in [1.82, 2.24) is 0 Å². The molecule has 0 saturated heterocycles. The minimum atomic E-state index is -4.52. The summed E-state index contributed by atoms with van der Waals surface area (Å²) >= 11 is 1.11. The Kier molecular flexibility index (Phi) is 12.1. The van der Waals surface area contributed by atoms with E-state index in [4.69, 9.17) is 10.5 Å². The maximum Gasteiger partial charge on any atom is 0.295 e. The first-order chi connectivity index (χ1) is 24.3. The maximum atomic E-state index is 11.9. The van der Waals surface area contributed by atoms with Crippen molar-refractivity contribution >= 4 is 90.0 Å². The molecule has 0 spiro atoms. The summed E-state index contributed by atoms with van der Waals surface area (Å²) in [6.07, 6.45) is 2.99. The highest BCUT2D eigenvalue weighted by Gasteiger charge is 2.17. The number of benzene rings is 5. The molecule has 16 nitrogen and oxygen atoms in total. The third-order valence-corrected chi connectivity index (χ3v) is 9.97. The highest BCUT2D eigenvalue weighted by molar-refractivity contribution is 7.95. The molecule has 0 amide bonds. The second-order valence-corrected chi connectivity index (χ2v) is 14.7. The van der Waals surface area contributed by atoms with E-state index in [0.717, 1.165) is 0 Å². The summed E-state index contributed by atoms with van der Waals surface area (Å²) in [6.45, 7) is 1.68. The fraction of sp³-hybridized carbons (Fsp3) is 0.0323. The van der Waals surface area contributed by atoms with Gasteiger partial charge in [-0.3, -0.25) is 9.11 Å². The molecule has 266 valence electrons. The topological polar surface area (TPSA) is 243 Å². The van der Waals surface area contributed by atoms with E-state index in [2.05, 4.69) is 34.3 Å². The van der Waals surface area contributed by atoms with Crippen LogP contribution in [0.3, 0.4) is 0 Å². The lowest BCUT2D eigenvalue weighted by molar-refractivity contribution is -0.432. The molecule has 0 aliphatic carbocycles. The molecule has 0 bridgehead atoms. The van der Waals surface area contributed by atoms with Crippen LogP contribution in [0.1, 0.15) is 16.7 Å². The van der Waals surface area contributed by atoms with Crippen LogP contribution in [-0.4, -0.2) is 41.6 Å². The zero-order valence-electron chi connectivity index (χ0n) is 25.8. The van der Waals surface area contributed by atoms with Gasteiger partial charge in [0, 0.05) is 21.7 Å². The van der Waals surface area contributed by atoms with Crippen molar-refractivity contribution in [2.75, 3.05) is 5.32 Å². The number of hydrogen-bond acceptors (Lipinski definition) is 16. The predicted octanol–water partition coefficient (Wildman–Crippen LogP) is 8.53. The van der Waals surface area contributed by atoms with Crippen LogP contribution in [0.4, 0.5) is 22.7 Å². The van der Waals surface area contributed by atoms with Gasteiger partial charge in [-0.05, 0) is 89.7 Å². The van der Waals surface area contributed by atoms with Crippen molar-refractivity contribution in [3.63, 3.8) is 0 Å². The quantitative estimate of drug-likeness (QED) is 0.0154. The van der Waals surface area contributed by atoms with Crippen LogP contribution in [0, 0.1) is 6.92 Å². The summed E-state index contributed by atoms with van der Waals surface area (Å²) in [4.78, 5) is -0.106. The standard InChI is InChI=1S/C31H25N3O13S4/c1-18-5-6-20(29(13-18)51(41,42)43)8-7-19-9-10-24(17-27(19)48-46-44-36)33-34-30-28(49-47-45-37)15-21-14-23(11-12-26(21)31(30)35)32-22-3-2-4-25(16-22)50(38,39)40/h2-17,32,35-37H,1H3,(H,38,39,40)(H,41,42,43)/b8-7+,34-33?. The third kappa shape index (κ3) is 9.68. The molecule has 5 rings (SSSR count). The normalized spacial score (nSPS) is 12.3. The SMILES string of the molecule is Cc1ccc(/C=C/c2ccc(N=Nc3c(SOOO)cc4cc(Nc5cccc(S(=O)(=O)O)c5)ccc4c3O)cc2SOOO)c(S(=O)(=O)O)c1. The Hall–Kier alpha value is -4.42. The summed E-state index contributed by atoms with van der Waals surface area (Å²) in [6, 6.07) is 21.0. The van der Waals surface area contributed by atoms with Gasteiger partial charge in [-0.25, -0.2) is 10.5 Å². The second kappa shape index (κ2) is 16.3. The van der Waals surface area contributed by atoms with Crippen LogP contribution >= 0.6 is 24.1 Å². The molecule has 0 fully saturated rings. The number of aromatic hydroxyl groups is 1. The van der Waals surface area contributed by atoms with E-state index >= 15 is 0 Å². The highest BCUT2D eigenvalue weighted by Crippen LogP contribution is 2.45. The molecule has 5 aromatic rings. The Morgan fingerprint density at radius 1 is 0.725 bits per heavy atom. The van der Waals surface area contributed by atoms with E-state index in [-0.39, 0.29) is 37.4 Å². The van der Waals surface area contributed by atoms with Gasteiger partial charge < -0.3 is 10.4 Å². The first-order valence-corrected chi connectivity index (χ1v) is 18.4. The summed E-state index contributed by atoms with van der Waals surface area (Å²) in [5, 5.41) is 48.4. The monoisotopic (exact) mass is 775 g/mol. The maximum absolute atomic E-state index is 11.9. The Morgan fingerprint density at radius 3 is 2.12 bits per heavy atom. The first kappa shape index (κ1) is 37.8. The molecule has 0 atom stereocenters. The average Bonchev–Trinajstić information content (AvgIpc) is 3.08. The number of hydrogen-bond donors (Lipinski definition) is 6. The molecule has 0 radical (unpaired) electrons. The molecule has 0 saturated carbocycles. The van der Waals surface area contributed by atoms with Crippen molar-refractivity contribution in [2.45, 2.75) is 26.5 Å². The van der Waals surface area contributed by atoms with E-state index in [0.29, 0.717) is 62.3 Å². The van der Waals surface area contributed by atoms with E-state index in [1.165, 1.54) is 48.6 Å². The second-order valence-electron chi connectivity index (χ2n) is 10.4. The zero-order valence-corrected chi connectivity index (χ0v) is 29.0. The number of fused-ring (bicyclic) bond motifs is 1. The molecule has 6 N–H and O–H groups in total. The van der Waals surface area contributed by atoms with E-state index in [9.17, 15) is 31.0 Å². The number of rotatable bonds is 14. The van der Waals surface area contributed by atoms with Crippen LogP contribution in [0.25, 0.3) is 22.9 Å². The van der Waals surface area contributed by atoms with Gasteiger partial charge in [0.05, 0.1) is 39.6 Å². The molecule has 0 aliphatic heterocycles. The molecule has 5 aromatic carbocycles. The molecule has 0 heterocycles.